The number of benzene rings is 2. The molecule has 2 rings (SSSR count). The second-order valence-corrected chi connectivity index (χ2v) is 5.04. The van der Waals surface area contributed by atoms with Crippen molar-refractivity contribution in [3.63, 3.8) is 0 Å². The van der Waals surface area contributed by atoms with Gasteiger partial charge in [-0.3, -0.25) is 9.59 Å². The van der Waals surface area contributed by atoms with Crippen LogP contribution in [0.2, 0.25) is 0 Å². The van der Waals surface area contributed by atoms with Gasteiger partial charge in [-0.1, -0.05) is 12.1 Å². The van der Waals surface area contributed by atoms with Gasteiger partial charge in [0.1, 0.15) is 11.5 Å². The van der Waals surface area contributed by atoms with Crippen LogP contribution in [0, 0.1) is 0 Å². The van der Waals surface area contributed by atoms with Gasteiger partial charge in [-0.15, -0.1) is 0 Å². The lowest BCUT2D eigenvalue weighted by atomic mass is 10.2. The zero-order chi connectivity index (χ0) is 17.4. The number of rotatable bonds is 7. The monoisotopic (exact) mass is 328 g/mol. The Morgan fingerprint density at radius 3 is 1.92 bits per heavy atom. The molecule has 0 spiro atoms. The van der Waals surface area contributed by atoms with Crippen molar-refractivity contribution in [2.45, 2.75) is 6.54 Å². The van der Waals surface area contributed by atoms with Crippen molar-refractivity contribution < 1.29 is 19.1 Å². The molecule has 0 saturated heterocycles. The lowest BCUT2D eigenvalue weighted by molar-refractivity contribution is -0.120. The van der Waals surface area contributed by atoms with Crippen LogP contribution in [0.1, 0.15) is 15.9 Å². The maximum Gasteiger partial charge on any atom is 0.251 e. The number of ether oxygens (including phenoxy) is 2. The van der Waals surface area contributed by atoms with Crippen LogP contribution in [0.4, 0.5) is 0 Å². The van der Waals surface area contributed by atoms with Crippen LogP contribution in [0.15, 0.2) is 48.5 Å². The largest absolute Gasteiger partial charge is 0.497 e. The summed E-state index contributed by atoms with van der Waals surface area (Å²) in [5.41, 5.74) is 1.42. The lowest BCUT2D eigenvalue weighted by Crippen LogP contribution is -2.36. The fraction of sp³-hybridized carbons (Fsp3) is 0.222. The molecule has 24 heavy (non-hydrogen) atoms. The molecule has 0 unspecified atom stereocenters. The third-order valence-electron chi connectivity index (χ3n) is 3.41. The molecule has 2 N–H and O–H groups in total. The first-order valence-corrected chi connectivity index (χ1v) is 7.44. The van der Waals surface area contributed by atoms with E-state index in [1.165, 1.54) is 0 Å². The standard InChI is InChI=1S/C18H20N2O4/c1-23-15-7-3-13(4-8-15)11-19-17(21)12-20-18(22)14-5-9-16(24-2)10-6-14/h3-10H,11-12H2,1-2H3,(H,19,21)(H,20,22). The van der Waals surface area contributed by atoms with Crippen LogP contribution in [-0.4, -0.2) is 32.6 Å². The molecule has 126 valence electrons. The number of hydrogen-bond donors (Lipinski definition) is 2. The number of carbonyl (C=O) groups is 2. The summed E-state index contributed by atoms with van der Waals surface area (Å²) in [5, 5.41) is 5.33. The first-order valence-electron chi connectivity index (χ1n) is 7.44. The minimum Gasteiger partial charge on any atom is -0.497 e. The van der Waals surface area contributed by atoms with E-state index in [4.69, 9.17) is 9.47 Å². The van der Waals surface area contributed by atoms with E-state index >= 15 is 0 Å². The van der Waals surface area contributed by atoms with Crippen molar-refractivity contribution in [3.8, 4) is 11.5 Å². The fourth-order valence-electron chi connectivity index (χ4n) is 2.01. The molecular formula is C18H20N2O4. The van der Waals surface area contributed by atoms with Gasteiger partial charge < -0.3 is 20.1 Å². The smallest absolute Gasteiger partial charge is 0.251 e. The number of methoxy groups -OCH3 is 2. The van der Waals surface area contributed by atoms with Gasteiger partial charge in [0.25, 0.3) is 5.91 Å². The van der Waals surface area contributed by atoms with Gasteiger partial charge in [0, 0.05) is 12.1 Å². The molecule has 0 aromatic heterocycles. The van der Waals surface area contributed by atoms with Crippen molar-refractivity contribution in [3.05, 3.63) is 59.7 Å². The van der Waals surface area contributed by atoms with Crippen LogP contribution in [0.25, 0.3) is 0 Å². The Morgan fingerprint density at radius 1 is 0.833 bits per heavy atom. The van der Waals surface area contributed by atoms with Gasteiger partial charge in [0.15, 0.2) is 0 Å². The molecule has 0 heterocycles. The highest BCUT2D eigenvalue weighted by Gasteiger charge is 2.08. The van der Waals surface area contributed by atoms with E-state index < -0.39 is 0 Å². The third-order valence-corrected chi connectivity index (χ3v) is 3.41. The Hall–Kier alpha value is -3.02. The van der Waals surface area contributed by atoms with Crippen molar-refractivity contribution in [2.75, 3.05) is 20.8 Å². The Kier molecular flexibility index (Phi) is 6.19. The van der Waals surface area contributed by atoms with Crippen LogP contribution >= 0.6 is 0 Å². The average Bonchev–Trinajstić information content (AvgIpc) is 2.64. The van der Waals surface area contributed by atoms with Gasteiger partial charge in [0.05, 0.1) is 20.8 Å². The van der Waals surface area contributed by atoms with E-state index in [-0.39, 0.29) is 18.4 Å². The van der Waals surface area contributed by atoms with E-state index in [1.54, 1.807) is 38.5 Å². The highest BCUT2D eigenvalue weighted by molar-refractivity contribution is 5.96. The Balaban J connectivity index is 1.76. The lowest BCUT2D eigenvalue weighted by Gasteiger charge is -2.08. The summed E-state index contributed by atoms with van der Waals surface area (Å²) in [7, 11) is 3.16. The van der Waals surface area contributed by atoms with Crippen molar-refractivity contribution in [2.24, 2.45) is 0 Å². The Morgan fingerprint density at radius 2 is 1.38 bits per heavy atom. The van der Waals surface area contributed by atoms with Gasteiger partial charge in [-0.05, 0) is 42.0 Å². The summed E-state index contributed by atoms with van der Waals surface area (Å²) in [5.74, 6) is 0.866. The first-order chi connectivity index (χ1) is 11.6. The molecule has 0 bridgehead atoms. The molecule has 6 nitrogen and oxygen atoms in total. The topological polar surface area (TPSA) is 76.7 Å². The van der Waals surface area contributed by atoms with Gasteiger partial charge in [0.2, 0.25) is 5.91 Å². The molecule has 0 aliphatic heterocycles. The molecule has 0 fully saturated rings. The molecule has 0 radical (unpaired) electrons. The zero-order valence-corrected chi connectivity index (χ0v) is 13.7. The first kappa shape index (κ1) is 17.3. The summed E-state index contributed by atoms with van der Waals surface area (Å²) in [6.07, 6.45) is 0. The number of hydrogen-bond acceptors (Lipinski definition) is 4. The van der Waals surface area contributed by atoms with E-state index in [0.29, 0.717) is 17.9 Å². The maximum atomic E-state index is 11.9. The quantitative estimate of drug-likeness (QED) is 0.812. The maximum absolute atomic E-state index is 11.9. The molecule has 2 aromatic carbocycles. The highest BCUT2D eigenvalue weighted by Crippen LogP contribution is 2.11. The van der Waals surface area contributed by atoms with Gasteiger partial charge in [-0.25, -0.2) is 0 Å². The van der Waals surface area contributed by atoms with Crippen LogP contribution in [0.5, 0.6) is 11.5 Å². The highest BCUT2D eigenvalue weighted by atomic mass is 16.5. The normalized spacial score (nSPS) is 9.92. The molecular weight excluding hydrogens is 308 g/mol. The minimum atomic E-state index is -0.308. The average molecular weight is 328 g/mol. The van der Waals surface area contributed by atoms with Crippen molar-refractivity contribution in [1.82, 2.24) is 10.6 Å². The number of nitrogens with one attached hydrogen (secondary N) is 2. The second kappa shape index (κ2) is 8.57. The third kappa shape index (κ3) is 5.01. The minimum absolute atomic E-state index is 0.0823. The molecule has 0 aliphatic rings. The Bertz CT molecular complexity index is 681. The predicted octanol–water partition coefficient (Wildman–Crippen LogP) is 1.75. The van der Waals surface area contributed by atoms with E-state index in [0.717, 1.165) is 11.3 Å². The molecule has 2 amide bonds. The molecule has 0 aliphatic carbocycles. The number of amides is 2. The summed E-state index contributed by atoms with van der Waals surface area (Å²) in [4.78, 5) is 23.8. The predicted molar refractivity (Wildman–Crippen MR) is 90.2 cm³/mol. The van der Waals surface area contributed by atoms with E-state index in [9.17, 15) is 9.59 Å². The summed E-state index contributed by atoms with van der Waals surface area (Å²) in [6, 6.07) is 14.1. The number of carbonyl (C=O) groups excluding carboxylic acids is 2. The summed E-state index contributed by atoms with van der Waals surface area (Å²) in [6.45, 7) is 0.308. The van der Waals surface area contributed by atoms with E-state index in [1.807, 2.05) is 24.3 Å². The van der Waals surface area contributed by atoms with Crippen molar-refractivity contribution in [1.29, 1.82) is 0 Å². The Labute approximate surface area is 140 Å². The van der Waals surface area contributed by atoms with Crippen molar-refractivity contribution >= 4 is 11.8 Å². The molecule has 6 heteroatoms. The van der Waals surface area contributed by atoms with Crippen LogP contribution in [-0.2, 0) is 11.3 Å². The van der Waals surface area contributed by atoms with E-state index in [2.05, 4.69) is 10.6 Å². The molecule has 0 saturated carbocycles. The van der Waals surface area contributed by atoms with Gasteiger partial charge in [-0.2, -0.15) is 0 Å². The summed E-state index contributed by atoms with van der Waals surface area (Å²) >= 11 is 0. The van der Waals surface area contributed by atoms with Crippen LogP contribution in [0.3, 0.4) is 0 Å². The molecule has 2 aromatic rings. The second-order valence-electron chi connectivity index (χ2n) is 5.04. The fourth-order valence-corrected chi connectivity index (χ4v) is 2.01. The SMILES string of the molecule is COc1ccc(CNC(=O)CNC(=O)c2ccc(OC)cc2)cc1. The van der Waals surface area contributed by atoms with Gasteiger partial charge >= 0.3 is 0 Å². The summed E-state index contributed by atoms with van der Waals surface area (Å²) < 4.78 is 10.1. The zero-order valence-electron chi connectivity index (χ0n) is 13.7. The molecule has 0 atom stereocenters. The van der Waals surface area contributed by atoms with Crippen LogP contribution < -0.4 is 20.1 Å².